The van der Waals surface area contributed by atoms with Crippen molar-refractivity contribution in [3.8, 4) is 0 Å². The molecule has 0 atom stereocenters. The minimum atomic E-state index is -3.27. The van der Waals surface area contributed by atoms with E-state index in [1.54, 1.807) is 0 Å². The average molecular weight is 147 g/mol. The van der Waals surface area contributed by atoms with Gasteiger partial charge in [-0.15, -0.1) is 0 Å². The van der Waals surface area contributed by atoms with E-state index in [0.29, 0.717) is 12.8 Å². The second kappa shape index (κ2) is 2.11. The summed E-state index contributed by atoms with van der Waals surface area (Å²) in [7, 11) is -3.27. The Hall–Kier alpha value is -0.350. The smallest absolute Gasteiger partial charge is 0.212 e. The fraction of sp³-hybridized carbons (Fsp3) is 0.600. The van der Waals surface area contributed by atoms with E-state index < -0.39 is 10.0 Å². The van der Waals surface area contributed by atoms with E-state index >= 15 is 0 Å². The number of sulfonamides is 1. The summed E-state index contributed by atoms with van der Waals surface area (Å²) < 4.78 is 21.1. The Bertz CT molecular complexity index is 209. The van der Waals surface area contributed by atoms with E-state index in [9.17, 15) is 8.42 Å². The van der Waals surface area contributed by atoms with Crippen LogP contribution in [0.2, 0.25) is 0 Å². The highest BCUT2D eigenvalue weighted by atomic mass is 32.2. The maximum absolute atomic E-state index is 10.6. The van der Waals surface area contributed by atoms with E-state index in [1.165, 1.54) is 0 Å². The highest BCUT2D eigenvalue weighted by Crippen LogP contribution is 2.15. The molecule has 0 fully saturated rings. The van der Waals surface area contributed by atoms with Gasteiger partial charge in [0, 0.05) is 0 Å². The molecule has 0 saturated carbocycles. The van der Waals surface area contributed by atoms with E-state index in [0.717, 1.165) is 0 Å². The normalized spacial score (nSPS) is 21.0. The zero-order valence-corrected chi connectivity index (χ0v) is 5.76. The predicted molar refractivity (Wildman–Crippen MR) is 35.3 cm³/mol. The summed E-state index contributed by atoms with van der Waals surface area (Å²) in [5.74, 6) is 0. The molecule has 0 radical (unpaired) electrons. The molecule has 1 rings (SSSR count). The van der Waals surface area contributed by atoms with Crippen LogP contribution in [0.1, 0.15) is 12.8 Å². The number of primary sulfonamides is 1. The Balaban J connectivity index is 2.68. The molecule has 0 aliphatic heterocycles. The summed E-state index contributed by atoms with van der Waals surface area (Å²) in [5, 5.41) is 4.52. The lowest BCUT2D eigenvalue weighted by atomic mass is 10.4. The third-order valence-corrected chi connectivity index (χ3v) is 2.74. The standard InChI is InChI=1S/C5H9NO2S/c6-9(7,8)5-3-1-2-4-5/h1-2,5H,3-4H2,(H2,6,7,8). The largest absolute Gasteiger partial charge is 0.228 e. The topological polar surface area (TPSA) is 60.2 Å². The molecule has 0 aromatic carbocycles. The van der Waals surface area contributed by atoms with Crippen molar-refractivity contribution in [2.45, 2.75) is 18.1 Å². The van der Waals surface area contributed by atoms with Crippen LogP contribution in [0, 0.1) is 0 Å². The first-order valence-electron chi connectivity index (χ1n) is 2.77. The van der Waals surface area contributed by atoms with E-state index in [2.05, 4.69) is 0 Å². The van der Waals surface area contributed by atoms with Gasteiger partial charge in [0.15, 0.2) is 0 Å². The average Bonchev–Trinajstić information content (AvgIpc) is 2.08. The Kier molecular flexibility index (Phi) is 1.59. The van der Waals surface area contributed by atoms with Crippen LogP contribution < -0.4 is 5.14 Å². The van der Waals surface area contributed by atoms with Gasteiger partial charge in [-0.2, -0.15) is 0 Å². The fourth-order valence-corrected chi connectivity index (χ4v) is 1.62. The highest BCUT2D eigenvalue weighted by molar-refractivity contribution is 7.89. The lowest BCUT2D eigenvalue weighted by molar-refractivity contribution is 0.583. The molecule has 0 unspecified atom stereocenters. The second-order valence-corrected chi connectivity index (χ2v) is 4.00. The van der Waals surface area contributed by atoms with Crippen LogP contribution in [-0.4, -0.2) is 13.7 Å². The van der Waals surface area contributed by atoms with E-state index in [1.807, 2.05) is 12.2 Å². The summed E-state index contributed by atoms with van der Waals surface area (Å²) in [6.07, 6.45) is 4.85. The van der Waals surface area contributed by atoms with Crippen LogP contribution in [0.4, 0.5) is 0 Å². The summed E-state index contributed by atoms with van der Waals surface area (Å²) in [5.41, 5.74) is 0. The molecule has 1 aliphatic rings. The van der Waals surface area contributed by atoms with Gasteiger partial charge < -0.3 is 0 Å². The molecule has 0 aromatic rings. The number of nitrogens with two attached hydrogens (primary N) is 1. The molecule has 0 heterocycles. The maximum Gasteiger partial charge on any atom is 0.212 e. The SMILES string of the molecule is NS(=O)(=O)C1CC=CC1. The molecule has 0 aromatic heterocycles. The van der Waals surface area contributed by atoms with Gasteiger partial charge in [0.1, 0.15) is 0 Å². The van der Waals surface area contributed by atoms with E-state index in [4.69, 9.17) is 5.14 Å². The maximum atomic E-state index is 10.6. The summed E-state index contributed by atoms with van der Waals surface area (Å²) in [6.45, 7) is 0. The minimum Gasteiger partial charge on any atom is -0.228 e. The van der Waals surface area contributed by atoms with Crippen LogP contribution in [0.25, 0.3) is 0 Å². The Morgan fingerprint density at radius 3 is 2.00 bits per heavy atom. The molecule has 2 N–H and O–H groups in total. The molecule has 1 aliphatic carbocycles. The first kappa shape index (κ1) is 6.77. The van der Waals surface area contributed by atoms with Crippen molar-refractivity contribution in [3.63, 3.8) is 0 Å². The van der Waals surface area contributed by atoms with Gasteiger partial charge in [0.25, 0.3) is 0 Å². The van der Waals surface area contributed by atoms with Crippen LogP contribution in [-0.2, 0) is 10.0 Å². The molecule has 0 spiro atoms. The molecule has 3 nitrogen and oxygen atoms in total. The van der Waals surface area contributed by atoms with Crippen molar-refractivity contribution < 1.29 is 8.42 Å². The van der Waals surface area contributed by atoms with Gasteiger partial charge in [-0.25, -0.2) is 13.6 Å². The molecule has 0 bridgehead atoms. The molecule has 52 valence electrons. The third-order valence-electron chi connectivity index (χ3n) is 1.43. The monoisotopic (exact) mass is 147 g/mol. The van der Waals surface area contributed by atoms with Crippen LogP contribution in [0.5, 0.6) is 0 Å². The Morgan fingerprint density at radius 1 is 1.33 bits per heavy atom. The first-order chi connectivity index (χ1) is 4.11. The Morgan fingerprint density at radius 2 is 1.78 bits per heavy atom. The molecule has 4 heteroatoms. The third kappa shape index (κ3) is 1.53. The van der Waals surface area contributed by atoms with Gasteiger partial charge in [-0.3, -0.25) is 0 Å². The predicted octanol–water partition coefficient (Wildman–Crippen LogP) is -0.00650. The van der Waals surface area contributed by atoms with E-state index in [-0.39, 0.29) is 5.25 Å². The van der Waals surface area contributed by atoms with Gasteiger partial charge in [0.2, 0.25) is 10.0 Å². The fourth-order valence-electron chi connectivity index (χ4n) is 0.860. The van der Waals surface area contributed by atoms with Crippen molar-refractivity contribution in [2.24, 2.45) is 5.14 Å². The van der Waals surface area contributed by atoms with Gasteiger partial charge >= 0.3 is 0 Å². The molecule has 0 saturated heterocycles. The summed E-state index contributed by atoms with van der Waals surface area (Å²) >= 11 is 0. The highest BCUT2D eigenvalue weighted by Gasteiger charge is 2.21. The molecular formula is C5H9NO2S. The molecular weight excluding hydrogens is 138 g/mol. The van der Waals surface area contributed by atoms with Crippen LogP contribution in [0.15, 0.2) is 12.2 Å². The second-order valence-electron chi connectivity index (χ2n) is 2.15. The number of rotatable bonds is 1. The zero-order valence-electron chi connectivity index (χ0n) is 4.95. The van der Waals surface area contributed by atoms with Crippen LogP contribution in [0.3, 0.4) is 0 Å². The molecule has 0 amide bonds. The lowest BCUT2D eigenvalue weighted by Crippen LogP contribution is -2.25. The lowest BCUT2D eigenvalue weighted by Gasteiger charge is -2.03. The summed E-state index contributed by atoms with van der Waals surface area (Å²) in [6, 6.07) is 0. The van der Waals surface area contributed by atoms with Gasteiger partial charge in [-0.1, -0.05) is 12.2 Å². The van der Waals surface area contributed by atoms with Crippen LogP contribution >= 0.6 is 0 Å². The minimum absolute atomic E-state index is 0.350. The Labute approximate surface area is 54.6 Å². The molecule has 9 heavy (non-hydrogen) atoms. The number of hydrogen-bond acceptors (Lipinski definition) is 2. The van der Waals surface area contributed by atoms with Gasteiger partial charge in [-0.05, 0) is 12.8 Å². The number of allylic oxidation sites excluding steroid dienone is 2. The summed E-state index contributed by atoms with van der Waals surface area (Å²) in [4.78, 5) is 0. The van der Waals surface area contributed by atoms with Crippen molar-refractivity contribution >= 4 is 10.0 Å². The van der Waals surface area contributed by atoms with Crippen molar-refractivity contribution in [1.29, 1.82) is 0 Å². The number of hydrogen-bond donors (Lipinski definition) is 1. The zero-order chi connectivity index (χ0) is 6.91. The van der Waals surface area contributed by atoms with Crippen molar-refractivity contribution in [1.82, 2.24) is 0 Å². The van der Waals surface area contributed by atoms with Crippen molar-refractivity contribution in [2.75, 3.05) is 0 Å². The first-order valence-corrected chi connectivity index (χ1v) is 4.38. The quantitative estimate of drug-likeness (QED) is 0.530. The van der Waals surface area contributed by atoms with Crippen molar-refractivity contribution in [3.05, 3.63) is 12.2 Å². The van der Waals surface area contributed by atoms with Gasteiger partial charge in [0.05, 0.1) is 5.25 Å².